The van der Waals surface area contributed by atoms with Crippen molar-refractivity contribution in [2.45, 2.75) is 0 Å². The lowest BCUT2D eigenvalue weighted by Crippen LogP contribution is -1.64. The predicted molar refractivity (Wildman–Crippen MR) is 132 cm³/mol. The minimum absolute atomic E-state index is 0.893. The van der Waals surface area contributed by atoms with Crippen molar-refractivity contribution in [3.63, 3.8) is 0 Å². The molecule has 5 rings (SSSR count). The lowest BCUT2D eigenvalue weighted by atomic mass is 10.3. The molecular weight excluding hydrogens is 622 g/mol. The third kappa shape index (κ3) is 3.71. The molecule has 0 aliphatic heterocycles. The monoisotopic (exact) mass is 632 g/mol. The highest BCUT2D eigenvalue weighted by Gasteiger charge is 2.14. The van der Waals surface area contributed by atoms with Crippen molar-refractivity contribution in [2.75, 3.05) is 0 Å². The smallest absolute Gasteiger partial charge is 0.144 e. The fourth-order valence-electron chi connectivity index (χ4n) is 2.70. The molecule has 0 N–H and O–H groups in total. The maximum atomic E-state index is 6.08. The number of rotatable bonds is 4. The highest BCUT2D eigenvalue weighted by Crippen LogP contribution is 2.40. The molecule has 2 nitrogen and oxygen atoms in total. The highest BCUT2D eigenvalue weighted by atomic mass is 127. The van der Waals surface area contributed by atoms with E-state index >= 15 is 0 Å². The summed E-state index contributed by atoms with van der Waals surface area (Å²) < 4.78 is 14.7. The van der Waals surface area contributed by atoms with Crippen molar-refractivity contribution in [3.05, 3.63) is 66.4 Å². The van der Waals surface area contributed by atoms with Gasteiger partial charge in [0, 0.05) is 0 Å². The summed E-state index contributed by atoms with van der Waals surface area (Å²) >= 11 is 9.82. The molecule has 5 aromatic rings. The standard InChI is InChI=1S/C20H10I2O2S3/c21-19-9-7-17(26-19)13-3-1-11(23-13)15-5-6-16(25-15)12-2-4-14(24-12)18-8-10-20(22)27-18/h1-10H. The summed E-state index contributed by atoms with van der Waals surface area (Å²) in [6.45, 7) is 0. The van der Waals surface area contributed by atoms with Crippen molar-refractivity contribution in [1.29, 1.82) is 0 Å². The van der Waals surface area contributed by atoms with E-state index in [2.05, 4.69) is 81.6 Å². The molecule has 0 spiro atoms. The van der Waals surface area contributed by atoms with Crippen molar-refractivity contribution < 1.29 is 8.83 Å². The molecule has 5 heterocycles. The van der Waals surface area contributed by atoms with Crippen LogP contribution in [-0.4, -0.2) is 0 Å². The van der Waals surface area contributed by atoms with E-state index in [4.69, 9.17) is 8.83 Å². The summed E-state index contributed by atoms with van der Waals surface area (Å²) in [5.74, 6) is 3.62. The summed E-state index contributed by atoms with van der Waals surface area (Å²) in [7, 11) is 0. The van der Waals surface area contributed by atoms with Gasteiger partial charge in [-0.2, -0.15) is 0 Å². The van der Waals surface area contributed by atoms with E-state index in [0.29, 0.717) is 0 Å². The predicted octanol–water partition coefficient (Wildman–Crippen LogP) is 8.93. The molecule has 0 saturated heterocycles. The Labute approximate surface area is 195 Å². The fraction of sp³-hybridized carbons (Fsp3) is 0. The Morgan fingerprint density at radius 3 is 1.11 bits per heavy atom. The van der Waals surface area contributed by atoms with Crippen LogP contribution in [0.1, 0.15) is 0 Å². The number of furan rings is 2. The quantitative estimate of drug-likeness (QED) is 0.185. The molecule has 27 heavy (non-hydrogen) atoms. The highest BCUT2D eigenvalue weighted by molar-refractivity contribution is 14.1. The van der Waals surface area contributed by atoms with E-state index in [1.54, 1.807) is 34.0 Å². The van der Waals surface area contributed by atoms with Crippen LogP contribution in [0.2, 0.25) is 0 Å². The van der Waals surface area contributed by atoms with Gasteiger partial charge >= 0.3 is 0 Å². The summed E-state index contributed by atoms with van der Waals surface area (Å²) in [5.41, 5.74) is 0. The zero-order chi connectivity index (χ0) is 18.4. The van der Waals surface area contributed by atoms with Crippen molar-refractivity contribution in [2.24, 2.45) is 0 Å². The van der Waals surface area contributed by atoms with Gasteiger partial charge in [0.25, 0.3) is 0 Å². The van der Waals surface area contributed by atoms with Crippen LogP contribution in [0.5, 0.6) is 0 Å². The Balaban J connectivity index is 1.42. The van der Waals surface area contributed by atoms with Crippen LogP contribution in [-0.2, 0) is 0 Å². The Hall–Kier alpha value is -0.880. The Bertz CT molecular complexity index is 1130. The first kappa shape index (κ1) is 18.2. The summed E-state index contributed by atoms with van der Waals surface area (Å²) in [4.78, 5) is 4.52. The maximum absolute atomic E-state index is 6.08. The zero-order valence-corrected chi connectivity index (χ0v) is 20.3. The first-order chi connectivity index (χ1) is 13.2. The molecule has 0 fully saturated rings. The van der Waals surface area contributed by atoms with Gasteiger partial charge in [-0.25, -0.2) is 0 Å². The van der Waals surface area contributed by atoms with Crippen molar-refractivity contribution >= 4 is 79.2 Å². The Morgan fingerprint density at radius 2 is 0.778 bits per heavy atom. The molecule has 0 aliphatic carbocycles. The van der Waals surface area contributed by atoms with Crippen molar-refractivity contribution in [3.8, 4) is 42.5 Å². The largest absolute Gasteiger partial charge is 0.454 e. The van der Waals surface area contributed by atoms with Crippen LogP contribution in [0, 0.1) is 5.77 Å². The molecule has 0 aliphatic rings. The van der Waals surface area contributed by atoms with Crippen LogP contribution in [0.4, 0.5) is 0 Å². The summed E-state index contributed by atoms with van der Waals surface area (Å²) in [5, 5.41) is 0. The Morgan fingerprint density at radius 1 is 0.444 bits per heavy atom. The number of hydrogen-bond acceptors (Lipinski definition) is 5. The van der Waals surface area contributed by atoms with Crippen LogP contribution in [0.3, 0.4) is 0 Å². The third-order valence-corrected chi connectivity index (χ3v) is 8.87. The molecule has 7 heteroatoms. The van der Waals surface area contributed by atoms with Gasteiger partial charge in [0.15, 0.2) is 0 Å². The van der Waals surface area contributed by atoms with Crippen LogP contribution in [0.15, 0.2) is 69.5 Å². The van der Waals surface area contributed by atoms with Gasteiger partial charge in [-0.15, -0.1) is 34.0 Å². The molecule has 0 saturated carbocycles. The molecule has 0 amide bonds. The second-order valence-corrected chi connectivity index (χ2v) is 12.7. The molecule has 0 atom stereocenters. The summed E-state index contributed by atoms with van der Waals surface area (Å²) in [6.07, 6.45) is 0. The minimum atomic E-state index is 0.893. The molecule has 0 bridgehead atoms. The zero-order valence-electron chi connectivity index (χ0n) is 13.6. The van der Waals surface area contributed by atoms with E-state index in [0.717, 1.165) is 42.5 Å². The van der Waals surface area contributed by atoms with Gasteiger partial charge in [0.05, 0.1) is 25.3 Å². The third-order valence-electron chi connectivity index (χ3n) is 3.94. The normalized spacial score (nSPS) is 11.3. The van der Waals surface area contributed by atoms with Gasteiger partial charge in [-0.3, -0.25) is 0 Å². The molecule has 5 aromatic heterocycles. The van der Waals surface area contributed by atoms with E-state index in [9.17, 15) is 0 Å². The van der Waals surface area contributed by atoms with Gasteiger partial charge in [-0.1, -0.05) is 0 Å². The van der Waals surface area contributed by atoms with Crippen LogP contribution in [0.25, 0.3) is 42.5 Å². The maximum Gasteiger partial charge on any atom is 0.144 e. The lowest BCUT2D eigenvalue weighted by molar-refractivity contribution is 0.600. The second-order valence-electron chi connectivity index (χ2n) is 5.70. The van der Waals surface area contributed by atoms with Gasteiger partial charge in [0.2, 0.25) is 0 Å². The average molecular weight is 632 g/mol. The topological polar surface area (TPSA) is 26.3 Å². The molecule has 134 valence electrons. The molecule has 0 unspecified atom stereocenters. The Kier molecular flexibility index (Phi) is 5.05. The number of halogens is 2. The SMILES string of the molecule is Ic1ccc(-c2ccc(-c3ccc(-c4ccc(-c5ccc(I)s5)o4)s3)o2)s1. The lowest BCUT2D eigenvalue weighted by Gasteiger charge is -1.93. The van der Waals surface area contributed by atoms with Crippen LogP contribution >= 0.6 is 79.2 Å². The molecular formula is C20H10I2O2S3. The number of thiophene rings is 3. The van der Waals surface area contributed by atoms with E-state index in [1.165, 1.54) is 5.77 Å². The van der Waals surface area contributed by atoms with Gasteiger partial charge in [0.1, 0.15) is 23.0 Å². The van der Waals surface area contributed by atoms with Crippen molar-refractivity contribution in [1.82, 2.24) is 0 Å². The van der Waals surface area contributed by atoms with E-state index < -0.39 is 0 Å². The fourth-order valence-corrected chi connectivity index (χ4v) is 6.80. The van der Waals surface area contributed by atoms with E-state index in [1.807, 2.05) is 24.3 Å². The molecule has 0 aromatic carbocycles. The van der Waals surface area contributed by atoms with Gasteiger partial charge < -0.3 is 8.83 Å². The first-order valence-corrected chi connectivity index (χ1v) is 12.6. The van der Waals surface area contributed by atoms with Gasteiger partial charge in [-0.05, 0) is 106 Å². The average Bonchev–Trinajstić information content (AvgIpc) is 3.44. The number of hydrogen-bond donors (Lipinski definition) is 0. The molecule has 0 radical (unpaired) electrons. The minimum Gasteiger partial charge on any atom is -0.454 e. The first-order valence-electron chi connectivity index (χ1n) is 7.97. The van der Waals surface area contributed by atoms with Crippen LogP contribution < -0.4 is 0 Å². The van der Waals surface area contributed by atoms with E-state index in [-0.39, 0.29) is 0 Å². The second kappa shape index (κ2) is 7.51. The summed E-state index contributed by atoms with van der Waals surface area (Å²) in [6, 6.07) is 20.8.